The van der Waals surface area contributed by atoms with Crippen LogP contribution in [0.3, 0.4) is 0 Å². The summed E-state index contributed by atoms with van der Waals surface area (Å²) in [5.74, 6) is -3.66. The fourth-order valence-electron chi connectivity index (χ4n) is 1.30. The van der Waals surface area contributed by atoms with Crippen molar-refractivity contribution in [2.75, 3.05) is 20.3 Å². The number of nitrogens with zero attached hydrogens (tertiary/aromatic N) is 1. The van der Waals surface area contributed by atoms with Gasteiger partial charge in [-0.2, -0.15) is 4.39 Å². The number of hydrogen-bond acceptors (Lipinski definition) is 5. The summed E-state index contributed by atoms with van der Waals surface area (Å²) < 4.78 is 36.0. The molecule has 1 aromatic rings. The van der Waals surface area contributed by atoms with Gasteiger partial charge in [0.05, 0.1) is 17.6 Å². The van der Waals surface area contributed by atoms with Gasteiger partial charge in [0.1, 0.15) is 11.4 Å². The Kier molecular flexibility index (Phi) is 5.31. The lowest BCUT2D eigenvalue weighted by atomic mass is 10.2. The number of methoxy groups -OCH3 is 1. The van der Waals surface area contributed by atoms with Crippen LogP contribution in [0.25, 0.3) is 0 Å². The molecule has 104 valence electrons. The molecule has 0 unspecified atom stereocenters. The molecule has 19 heavy (non-hydrogen) atoms. The highest BCUT2D eigenvalue weighted by Crippen LogP contribution is 2.23. The Morgan fingerprint density at radius 3 is 2.63 bits per heavy atom. The van der Waals surface area contributed by atoms with Crippen LogP contribution in [0.1, 0.15) is 16.8 Å². The quantitative estimate of drug-likeness (QED) is 0.343. The number of hydrogen-bond donors (Lipinski definition) is 0. The highest BCUT2D eigenvalue weighted by molar-refractivity contribution is 5.90. The molecule has 0 amide bonds. The van der Waals surface area contributed by atoms with Gasteiger partial charge in [-0.15, -0.1) is 0 Å². The normalized spacial score (nSPS) is 10.3. The van der Waals surface area contributed by atoms with Crippen molar-refractivity contribution < 1.29 is 28.0 Å². The molecule has 0 atom stereocenters. The lowest BCUT2D eigenvalue weighted by Gasteiger charge is -2.05. The number of carbonyl (C=O) groups excluding carboxylic acids is 1. The van der Waals surface area contributed by atoms with Gasteiger partial charge in [-0.05, 0) is 6.07 Å². The van der Waals surface area contributed by atoms with Crippen LogP contribution in [0.2, 0.25) is 0 Å². The van der Waals surface area contributed by atoms with E-state index in [1.54, 1.807) is 0 Å². The van der Waals surface area contributed by atoms with Crippen molar-refractivity contribution in [2.45, 2.75) is 6.42 Å². The summed E-state index contributed by atoms with van der Waals surface area (Å²) in [4.78, 5) is 20.8. The Bertz CT molecular complexity index is 492. The van der Waals surface area contributed by atoms with E-state index in [1.807, 2.05) is 0 Å². The molecule has 0 radical (unpaired) electrons. The van der Waals surface area contributed by atoms with Crippen LogP contribution >= 0.6 is 0 Å². The van der Waals surface area contributed by atoms with Crippen molar-refractivity contribution in [1.82, 2.24) is 0 Å². The van der Waals surface area contributed by atoms with Crippen LogP contribution in [0.4, 0.5) is 14.5 Å². The molecule has 0 spiro atoms. The van der Waals surface area contributed by atoms with E-state index in [0.717, 1.165) is 0 Å². The van der Waals surface area contributed by atoms with E-state index in [0.29, 0.717) is 25.2 Å². The SMILES string of the molecule is COCCCOC(=O)c1cc(F)cc([N+](=O)[O-])c1F. The van der Waals surface area contributed by atoms with Gasteiger partial charge >= 0.3 is 11.7 Å². The predicted molar refractivity (Wildman–Crippen MR) is 59.8 cm³/mol. The molecule has 0 N–H and O–H groups in total. The van der Waals surface area contributed by atoms with Crippen molar-refractivity contribution in [2.24, 2.45) is 0 Å². The van der Waals surface area contributed by atoms with Crippen molar-refractivity contribution in [3.05, 3.63) is 39.4 Å². The summed E-state index contributed by atoms with van der Waals surface area (Å²) in [5.41, 5.74) is -1.91. The zero-order valence-corrected chi connectivity index (χ0v) is 10.0. The van der Waals surface area contributed by atoms with Gasteiger partial charge in [0, 0.05) is 20.1 Å². The van der Waals surface area contributed by atoms with E-state index < -0.39 is 33.8 Å². The molecule has 8 heteroatoms. The maximum Gasteiger partial charge on any atom is 0.341 e. The second-order valence-corrected chi connectivity index (χ2v) is 3.53. The third-order valence-electron chi connectivity index (χ3n) is 2.16. The molecule has 0 heterocycles. The Morgan fingerprint density at radius 1 is 1.37 bits per heavy atom. The molecule has 1 rings (SSSR count). The molecule has 0 bridgehead atoms. The highest BCUT2D eigenvalue weighted by atomic mass is 19.1. The first-order valence-corrected chi connectivity index (χ1v) is 5.27. The molecular weight excluding hydrogens is 264 g/mol. The van der Waals surface area contributed by atoms with Crippen molar-refractivity contribution >= 4 is 11.7 Å². The molecule has 1 aromatic carbocycles. The average Bonchev–Trinajstić information content (AvgIpc) is 2.36. The monoisotopic (exact) mass is 275 g/mol. The first-order chi connectivity index (χ1) is 8.97. The first kappa shape index (κ1) is 15.0. The van der Waals surface area contributed by atoms with E-state index in [9.17, 15) is 23.7 Å². The fourth-order valence-corrected chi connectivity index (χ4v) is 1.30. The second-order valence-electron chi connectivity index (χ2n) is 3.53. The van der Waals surface area contributed by atoms with Crippen LogP contribution in [-0.2, 0) is 9.47 Å². The topological polar surface area (TPSA) is 78.7 Å². The maximum atomic E-state index is 13.6. The minimum Gasteiger partial charge on any atom is -0.462 e. The zero-order valence-electron chi connectivity index (χ0n) is 10.0. The summed E-state index contributed by atoms with van der Waals surface area (Å²) in [7, 11) is 1.46. The number of halogens is 2. The maximum absolute atomic E-state index is 13.6. The van der Waals surface area contributed by atoms with E-state index in [-0.39, 0.29) is 6.61 Å². The summed E-state index contributed by atoms with van der Waals surface area (Å²) >= 11 is 0. The Morgan fingerprint density at radius 2 is 2.05 bits per heavy atom. The molecule has 0 aliphatic carbocycles. The number of esters is 1. The van der Waals surface area contributed by atoms with Crippen LogP contribution in [0.15, 0.2) is 12.1 Å². The fraction of sp³-hybridized carbons (Fsp3) is 0.364. The average molecular weight is 275 g/mol. The minimum atomic E-state index is -1.41. The first-order valence-electron chi connectivity index (χ1n) is 5.27. The lowest BCUT2D eigenvalue weighted by molar-refractivity contribution is -0.387. The number of nitro benzene ring substituents is 1. The van der Waals surface area contributed by atoms with Gasteiger partial charge in [0.15, 0.2) is 0 Å². The third-order valence-corrected chi connectivity index (χ3v) is 2.16. The van der Waals surface area contributed by atoms with Crippen LogP contribution in [0.5, 0.6) is 0 Å². The molecular formula is C11H11F2NO5. The molecule has 0 saturated carbocycles. The summed E-state index contributed by atoms with van der Waals surface area (Å²) in [5, 5.41) is 10.5. The van der Waals surface area contributed by atoms with Crippen molar-refractivity contribution in [1.29, 1.82) is 0 Å². The number of ether oxygens (including phenoxy) is 2. The number of benzene rings is 1. The molecule has 0 aliphatic heterocycles. The molecule has 0 fully saturated rings. The van der Waals surface area contributed by atoms with Gasteiger partial charge in [-0.3, -0.25) is 10.1 Å². The van der Waals surface area contributed by atoms with Gasteiger partial charge in [-0.25, -0.2) is 9.18 Å². The molecule has 0 aromatic heterocycles. The van der Waals surface area contributed by atoms with Crippen LogP contribution < -0.4 is 0 Å². The van der Waals surface area contributed by atoms with Gasteiger partial charge in [0.2, 0.25) is 5.82 Å². The molecule has 0 saturated heterocycles. The zero-order chi connectivity index (χ0) is 14.4. The van der Waals surface area contributed by atoms with Crippen molar-refractivity contribution in [3.8, 4) is 0 Å². The van der Waals surface area contributed by atoms with Gasteiger partial charge < -0.3 is 9.47 Å². The Hall–Kier alpha value is -2.09. The van der Waals surface area contributed by atoms with Gasteiger partial charge in [0.25, 0.3) is 0 Å². The molecule has 6 nitrogen and oxygen atoms in total. The number of rotatable bonds is 6. The summed E-state index contributed by atoms with van der Waals surface area (Å²) in [6, 6.07) is 0.956. The van der Waals surface area contributed by atoms with E-state index in [4.69, 9.17) is 4.74 Å². The van der Waals surface area contributed by atoms with Crippen LogP contribution in [0, 0.1) is 21.7 Å². The van der Waals surface area contributed by atoms with Crippen molar-refractivity contribution in [3.63, 3.8) is 0 Å². The second kappa shape index (κ2) is 6.74. The highest BCUT2D eigenvalue weighted by Gasteiger charge is 2.25. The lowest BCUT2D eigenvalue weighted by Crippen LogP contribution is -2.11. The summed E-state index contributed by atoms with van der Waals surface area (Å²) in [6.45, 7) is 0.273. The number of carbonyl (C=O) groups is 1. The van der Waals surface area contributed by atoms with Crippen LogP contribution in [-0.4, -0.2) is 31.2 Å². The van der Waals surface area contributed by atoms with E-state index in [2.05, 4.69) is 4.74 Å². The van der Waals surface area contributed by atoms with E-state index in [1.165, 1.54) is 7.11 Å². The Labute approximate surface area is 107 Å². The Balaban J connectivity index is 2.88. The third kappa shape index (κ3) is 3.95. The van der Waals surface area contributed by atoms with Gasteiger partial charge in [-0.1, -0.05) is 0 Å². The smallest absolute Gasteiger partial charge is 0.341 e. The summed E-state index contributed by atoms with van der Waals surface area (Å²) in [6.07, 6.45) is 0.376. The predicted octanol–water partition coefficient (Wildman–Crippen LogP) is 2.07. The number of nitro groups is 1. The standard InChI is InChI=1S/C11H11F2NO5/c1-18-3-2-4-19-11(15)8-5-7(12)6-9(10(8)13)14(16)17/h5-6H,2-4H2,1H3. The van der Waals surface area contributed by atoms with E-state index >= 15 is 0 Å². The largest absolute Gasteiger partial charge is 0.462 e. The minimum absolute atomic E-state index is 0.0591. The molecule has 0 aliphatic rings.